The van der Waals surface area contributed by atoms with Gasteiger partial charge in [-0.15, -0.1) is 0 Å². The van der Waals surface area contributed by atoms with Crippen molar-refractivity contribution in [2.75, 3.05) is 19.9 Å². The summed E-state index contributed by atoms with van der Waals surface area (Å²) in [6, 6.07) is 13.6. The number of amides is 1. The number of rotatable bonds is 7. The van der Waals surface area contributed by atoms with Crippen molar-refractivity contribution in [1.29, 1.82) is 0 Å². The van der Waals surface area contributed by atoms with Crippen molar-refractivity contribution in [2.24, 2.45) is 5.92 Å². The Kier molecular flexibility index (Phi) is 6.65. The number of carbonyl (C=O) groups excluding carboxylic acids is 1. The number of sulfone groups is 1. The molecular weight excluding hydrogens is 362 g/mol. The third-order valence-corrected chi connectivity index (χ3v) is 5.48. The van der Waals surface area contributed by atoms with Gasteiger partial charge in [-0.3, -0.25) is 4.79 Å². The second kappa shape index (κ2) is 8.57. The summed E-state index contributed by atoms with van der Waals surface area (Å²) in [6.07, 6.45) is 1.18. The molecule has 5 nitrogen and oxygen atoms in total. The molecule has 0 aliphatic heterocycles. The van der Waals surface area contributed by atoms with E-state index in [9.17, 15) is 13.2 Å². The molecule has 1 atom stereocenters. The van der Waals surface area contributed by atoms with E-state index in [1.54, 1.807) is 48.3 Å². The van der Waals surface area contributed by atoms with Crippen LogP contribution in [0.2, 0.25) is 0 Å². The second-order valence-corrected chi connectivity index (χ2v) is 9.18. The third-order valence-electron chi connectivity index (χ3n) is 4.36. The smallest absolute Gasteiger partial charge is 0.254 e. The van der Waals surface area contributed by atoms with Crippen molar-refractivity contribution >= 4 is 15.7 Å². The van der Waals surface area contributed by atoms with Gasteiger partial charge in [-0.2, -0.15) is 0 Å². The Hall–Kier alpha value is -2.34. The first-order valence-electron chi connectivity index (χ1n) is 8.89. The second-order valence-electron chi connectivity index (χ2n) is 7.17. The monoisotopic (exact) mass is 389 g/mol. The van der Waals surface area contributed by atoms with Crippen LogP contribution in [-0.4, -0.2) is 39.1 Å². The normalized spacial score (nSPS) is 12.7. The summed E-state index contributed by atoms with van der Waals surface area (Å²) < 4.78 is 28.9. The van der Waals surface area contributed by atoms with Gasteiger partial charge in [0.05, 0.1) is 17.5 Å². The first-order valence-corrected chi connectivity index (χ1v) is 10.8. The summed E-state index contributed by atoms with van der Waals surface area (Å²) in [6.45, 7) is 6.64. The number of ether oxygens (including phenoxy) is 1. The summed E-state index contributed by atoms with van der Waals surface area (Å²) in [7, 11) is -1.50. The Morgan fingerprint density at radius 3 is 2.26 bits per heavy atom. The van der Waals surface area contributed by atoms with Gasteiger partial charge < -0.3 is 9.64 Å². The van der Waals surface area contributed by atoms with Crippen LogP contribution in [0.3, 0.4) is 0 Å². The Morgan fingerprint density at radius 2 is 1.70 bits per heavy atom. The lowest BCUT2D eigenvalue weighted by atomic mass is 10.1. The minimum absolute atomic E-state index is 0.121. The van der Waals surface area contributed by atoms with Crippen molar-refractivity contribution in [2.45, 2.75) is 31.7 Å². The van der Waals surface area contributed by atoms with Gasteiger partial charge in [0.1, 0.15) is 5.75 Å². The maximum atomic E-state index is 12.9. The lowest BCUT2D eigenvalue weighted by Crippen LogP contribution is -2.29. The van der Waals surface area contributed by atoms with E-state index in [1.807, 2.05) is 19.1 Å². The largest absolute Gasteiger partial charge is 0.493 e. The molecule has 27 heavy (non-hydrogen) atoms. The van der Waals surface area contributed by atoms with Crippen LogP contribution >= 0.6 is 0 Å². The molecule has 0 aliphatic rings. The molecule has 1 amide bonds. The fourth-order valence-electron chi connectivity index (χ4n) is 2.58. The number of hydrogen-bond donors (Lipinski definition) is 0. The zero-order chi connectivity index (χ0) is 20.2. The Bertz CT molecular complexity index is 889. The first-order chi connectivity index (χ1) is 12.6. The molecule has 0 heterocycles. The molecule has 146 valence electrons. The molecule has 2 rings (SSSR count). The van der Waals surface area contributed by atoms with Crippen LogP contribution in [0.15, 0.2) is 53.4 Å². The molecule has 0 fully saturated rings. The SMILES string of the molecule is CC(C)COc1cccc(C(=O)N(C)C(C)c2ccc(S(C)(=O)=O)cc2)c1. The molecular formula is C21H27NO4S. The van der Waals surface area contributed by atoms with Gasteiger partial charge in [0.15, 0.2) is 9.84 Å². The summed E-state index contributed by atoms with van der Waals surface area (Å²) in [5.74, 6) is 0.958. The highest BCUT2D eigenvalue weighted by Crippen LogP contribution is 2.23. The zero-order valence-electron chi connectivity index (χ0n) is 16.5. The minimum atomic E-state index is -3.24. The molecule has 0 saturated carbocycles. The van der Waals surface area contributed by atoms with Crippen LogP contribution in [0, 0.1) is 5.92 Å². The molecule has 0 aliphatic carbocycles. The first kappa shape index (κ1) is 21.0. The summed E-state index contributed by atoms with van der Waals surface area (Å²) in [5, 5.41) is 0. The van der Waals surface area contributed by atoms with Crippen molar-refractivity contribution in [3.63, 3.8) is 0 Å². The third kappa shape index (κ3) is 5.57. The number of carbonyl (C=O) groups is 1. The average Bonchev–Trinajstić information content (AvgIpc) is 2.64. The quantitative estimate of drug-likeness (QED) is 0.719. The lowest BCUT2D eigenvalue weighted by molar-refractivity contribution is 0.0742. The van der Waals surface area contributed by atoms with E-state index in [4.69, 9.17) is 4.74 Å². The summed E-state index contributed by atoms with van der Waals surface area (Å²) >= 11 is 0. The van der Waals surface area contributed by atoms with Gasteiger partial charge >= 0.3 is 0 Å². The molecule has 6 heteroatoms. The maximum absolute atomic E-state index is 12.9. The Labute approximate surface area is 161 Å². The average molecular weight is 390 g/mol. The van der Waals surface area contributed by atoms with Crippen LogP contribution in [0.1, 0.15) is 42.7 Å². The standard InChI is InChI=1S/C21H27NO4S/c1-15(2)14-26-19-8-6-7-18(13-19)21(23)22(4)16(3)17-9-11-20(12-10-17)27(5,24)25/h6-13,15-16H,14H2,1-5H3. The van der Waals surface area contributed by atoms with Gasteiger partial charge in [0, 0.05) is 18.9 Å². The molecule has 1 unspecified atom stereocenters. The van der Waals surface area contributed by atoms with E-state index >= 15 is 0 Å². The van der Waals surface area contributed by atoms with Crippen molar-refractivity contribution < 1.29 is 17.9 Å². The minimum Gasteiger partial charge on any atom is -0.493 e. The molecule has 0 spiro atoms. The number of hydrogen-bond acceptors (Lipinski definition) is 4. The van der Waals surface area contributed by atoms with Crippen LogP contribution in [-0.2, 0) is 9.84 Å². The van der Waals surface area contributed by atoms with Crippen molar-refractivity contribution in [3.8, 4) is 5.75 Å². The highest BCUT2D eigenvalue weighted by molar-refractivity contribution is 7.90. The molecule has 2 aromatic carbocycles. The van der Waals surface area contributed by atoms with Crippen molar-refractivity contribution in [1.82, 2.24) is 4.90 Å². The number of benzene rings is 2. The molecule has 0 N–H and O–H groups in total. The maximum Gasteiger partial charge on any atom is 0.254 e. The highest BCUT2D eigenvalue weighted by Gasteiger charge is 2.20. The van der Waals surface area contributed by atoms with Gasteiger partial charge in [-0.05, 0) is 48.7 Å². The van der Waals surface area contributed by atoms with Crippen LogP contribution in [0.4, 0.5) is 0 Å². The predicted molar refractivity (Wildman–Crippen MR) is 107 cm³/mol. The van der Waals surface area contributed by atoms with Gasteiger partial charge in [0.25, 0.3) is 5.91 Å². The van der Waals surface area contributed by atoms with Gasteiger partial charge in [-0.1, -0.05) is 32.0 Å². The fourth-order valence-corrected chi connectivity index (χ4v) is 3.21. The predicted octanol–water partition coefficient (Wildman–Crippen LogP) is 3.96. The number of nitrogens with zero attached hydrogens (tertiary/aromatic N) is 1. The molecule has 0 radical (unpaired) electrons. The van der Waals surface area contributed by atoms with Crippen molar-refractivity contribution in [3.05, 3.63) is 59.7 Å². The highest BCUT2D eigenvalue weighted by atomic mass is 32.2. The van der Waals surface area contributed by atoms with E-state index in [1.165, 1.54) is 6.26 Å². The lowest BCUT2D eigenvalue weighted by Gasteiger charge is -2.26. The van der Waals surface area contributed by atoms with Gasteiger partial charge in [-0.25, -0.2) is 8.42 Å². The zero-order valence-corrected chi connectivity index (χ0v) is 17.3. The molecule has 0 saturated heterocycles. The summed E-state index contributed by atoms with van der Waals surface area (Å²) in [5.41, 5.74) is 1.42. The topological polar surface area (TPSA) is 63.7 Å². The fraction of sp³-hybridized carbons (Fsp3) is 0.381. The van der Waals surface area contributed by atoms with E-state index < -0.39 is 9.84 Å². The Morgan fingerprint density at radius 1 is 1.07 bits per heavy atom. The van der Waals surface area contributed by atoms with E-state index in [2.05, 4.69) is 13.8 Å². The van der Waals surface area contributed by atoms with E-state index in [0.29, 0.717) is 23.8 Å². The van der Waals surface area contributed by atoms with Crippen LogP contribution < -0.4 is 4.74 Å². The summed E-state index contributed by atoms with van der Waals surface area (Å²) in [4.78, 5) is 14.8. The van der Waals surface area contributed by atoms with Crippen LogP contribution in [0.5, 0.6) is 5.75 Å². The molecule has 0 bridgehead atoms. The molecule has 2 aromatic rings. The van der Waals surface area contributed by atoms with E-state index in [0.717, 1.165) is 5.56 Å². The Balaban J connectivity index is 2.15. The van der Waals surface area contributed by atoms with E-state index in [-0.39, 0.29) is 16.8 Å². The van der Waals surface area contributed by atoms with Gasteiger partial charge in [0.2, 0.25) is 0 Å². The van der Waals surface area contributed by atoms with Crippen LogP contribution in [0.25, 0.3) is 0 Å². The molecule has 0 aromatic heterocycles.